The zero-order valence-electron chi connectivity index (χ0n) is 10.2. The molecule has 2 saturated carbocycles. The Morgan fingerprint density at radius 1 is 1.11 bits per heavy atom. The summed E-state index contributed by atoms with van der Waals surface area (Å²) in [6, 6.07) is 0. The predicted molar refractivity (Wildman–Crippen MR) is 70.0 cm³/mol. The molecule has 0 amide bonds. The van der Waals surface area contributed by atoms with Crippen LogP contribution >= 0.6 is 23.2 Å². The Kier molecular flexibility index (Phi) is 4.76. The van der Waals surface area contributed by atoms with Crippen molar-refractivity contribution in [2.24, 2.45) is 17.8 Å². The Morgan fingerprint density at radius 2 is 1.72 bits per heavy atom. The summed E-state index contributed by atoms with van der Waals surface area (Å²) in [4.78, 5) is 11.2. The molecule has 0 aliphatic heterocycles. The van der Waals surface area contributed by atoms with Crippen molar-refractivity contribution in [2.75, 3.05) is 0 Å². The SMILES string of the molecule is O=C(O)C1CC(F)C(Cl)C(C2CCCCC2)C1Cl. The summed E-state index contributed by atoms with van der Waals surface area (Å²) >= 11 is 12.5. The lowest BCUT2D eigenvalue weighted by Gasteiger charge is -2.43. The van der Waals surface area contributed by atoms with Crippen molar-refractivity contribution >= 4 is 29.2 Å². The summed E-state index contributed by atoms with van der Waals surface area (Å²) in [5, 5.41) is 7.96. The molecule has 0 bridgehead atoms. The maximum atomic E-state index is 13.9. The molecule has 2 aliphatic carbocycles. The van der Waals surface area contributed by atoms with Gasteiger partial charge in [-0.3, -0.25) is 4.79 Å². The van der Waals surface area contributed by atoms with Crippen molar-refractivity contribution in [1.82, 2.24) is 0 Å². The summed E-state index contributed by atoms with van der Waals surface area (Å²) in [6.07, 6.45) is 4.11. The third kappa shape index (κ3) is 2.77. The highest BCUT2D eigenvalue weighted by Gasteiger charge is 2.49. The minimum absolute atomic E-state index is 0.0547. The maximum Gasteiger partial charge on any atom is 0.308 e. The summed E-state index contributed by atoms with van der Waals surface area (Å²) in [7, 11) is 0. The van der Waals surface area contributed by atoms with Crippen LogP contribution in [-0.4, -0.2) is 28.0 Å². The molecule has 0 aromatic rings. The highest BCUT2D eigenvalue weighted by molar-refractivity contribution is 6.25. The van der Waals surface area contributed by atoms with Crippen LogP contribution in [0.1, 0.15) is 38.5 Å². The van der Waals surface area contributed by atoms with Crippen molar-refractivity contribution in [3.05, 3.63) is 0 Å². The molecule has 0 heterocycles. The van der Waals surface area contributed by atoms with Crippen LogP contribution in [0.15, 0.2) is 0 Å². The van der Waals surface area contributed by atoms with Gasteiger partial charge in [-0.05, 0) is 18.3 Å². The Hall–Kier alpha value is -0.0200. The van der Waals surface area contributed by atoms with Crippen molar-refractivity contribution < 1.29 is 14.3 Å². The van der Waals surface area contributed by atoms with E-state index >= 15 is 0 Å². The van der Waals surface area contributed by atoms with Gasteiger partial charge >= 0.3 is 5.97 Å². The second-order valence-corrected chi connectivity index (χ2v) is 6.57. The number of carboxylic acids is 1. The molecule has 2 fully saturated rings. The highest BCUT2D eigenvalue weighted by Crippen LogP contribution is 2.46. The van der Waals surface area contributed by atoms with Gasteiger partial charge in [-0.15, -0.1) is 23.2 Å². The number of halogens is 3. The van der Waals surface area contributed by atoms with Crippen molar-refractivity contribution in [2.45, 2.75) is 55.5 Å². The van der Waals surface area contributed by atoms with Gasteiger partial charge in [0.15, 0.2) is 0 Å². The fourth-order valence-corrected chi connectivity index (χ4v) is 4.58. The largest absolute Gasteiger partial charge is 0.481 e. The smallest absolute Gasteiger partial charge is 0.308 e. The van der Waals surface area contributed by atoms with Gasteiger partial charge in [0.05, 0.1) is 16.7 Å². The number of alkyl halides is 3. The minimum Gasteiger partial charge on any atom is -0.481 e. The fraction of sp³-hybridized carbons (Fsp3) is 0.923. The Bertz CT molecular complexity index is 307. The summed E-state index contributed by atoms with van der Waals surface area (Å²) in [5.74, 6) is -1.73. The van der Waals surface area contributed by atoms with Crippen LogP contribution in [0.3, 0.4) is 0 Å². The average Bonchev–Trinajstić information content (AvgIpc) is 2.35. The van der Waals surface area contributed by atoms with E-state index < -0.39 is 28.8 Å². The van der Waals surface area contributed by atoms with Crippen molar-refractivity contribution in [3.8, 4) is 0 Å². The van der Waals surface area contributed by atoms with E-state index in [0.29, 0.717) is 0 Å². The van der Waals surface area contributed by atoms with E-state index in [-0.39, 0.29) is 18.3 Å². The second kappa shape index (κ2) is 5.96. The van der Waals surface area contributed by atoms with Gasteiger partial charge in [-0.1, -0.05) is 32.1 Å². The molecule has 5 heteroatoms. The van der Waals surface area contributed by atoms with E-state index in [1.807, 2.05) is 0 Å². The standard InChI is InChI=1S/C13H19Cl2FO2/c14-11-8(13(17)18)6-9(16)12(15)10(11)7-4-2-1-3-5-7/h7-12H,1-6H2,(H,17,18). The van der Waals surface area contributed by atoms with E-state index in [4.69, 9.17) is 28.3 Å². The maximum absolute atomic E-state index is 13.9. The first kappa shape index (κ1) is 14.4. The first-order valence-electron chi connectivity index (χ1n) is 6.67. The molecular weight excluding hydrogens is 278 g/mol. The molecule has 0 aromatic heterocycles. The molecule has 2 rings (SSSR count). The molecule has 0 aromatic carbocycles. The van der Waals surface area contributed by atoms with Crippen LogP contribution in [-0.2, 0) is 4.79 Å². The highest BCUT2D eigenvalue weighted by atomic mass is 35.5. The topological polar surface area (TPSA) is 37.3 Å². The molecule has 104 valence electrons. The van der Waals surface area contributed by atoms with Crippen LogP contribution < -0.4 is 0 Å². The summed E-state index contributed by atoms with van der Waals surface area (Å²) < 4.78 is 13.9. The van der Waals surface area contributed by atoms with E-state index in [1.165, 1.54) is 6.42 Å². The molecule has 1 N–H and O–H groups in total. The van der Waals surface area contributed by atoms with Crippen molar-refractivity contribution in [1.29, 1.82) is 0 Å². The van der Waals surface area contributed by atoms with Crippen LogP contribution in [0.25, 0.3) is 0 Å². The van der Waals surface area contributed by atoms with E-state index in [9.17, 15) is 9.18 Å². The lowest BCUT2D eigenvalue weighted by atomic mass is 9.69. The molecule has 2 aliphatic rings. The second-order valence-electron chi connectivity index (χ2n) is 5.56. The van der Waals surface area contributed by atoms with Crippen LogP contribution in [0.4, 0.5) is 4.39 Å². The van der Waals surface area contributed by atoms with Crippen molar-refractivity contribution in [3.63, 3.8) is 0 Å². The Labute approximate surface area is 117 Å². The monoisotopic (exact) mass is 296 g/mol. The van der Waals surface area contributed by atoms with Gasteiger partial charge in [0, 0.05) is 0 Å². The van der Waals surface area contributed by atoms with Gasteiger partial charge in [0.25, 0.3) is 0 Å². The molecular formula is C13H19Cl2FO2. The number of rotatable bonds is 2. The number of carbonyl (C=O) groups is 1. The Balaban J connectivity index is 2.15. The number of hydrogen-bond donors (Lipinski definition) is 1. The fourth-order valence-electron chi connectivity index (χ4n) is 3.46. The van der Waals surface area contributed by atoms with Crippen LogP contribution in [0, 0.1) is 17.8 Å². The molecule has 0 saturated heterocycles. The van der Waals surface area contributed by atoms with E-state index in [0.717, 1.165) is 25.7 Å². The number of hydrogen-bond acceptors (Lipinski definition) is 1. The first-order chi connectivity index (χ1) is 8.52. The lowest BCUT2D eigenvalue weighted by Crippen LogP contribution is -2.49. The zero-order valence-corrected chi connectivity index (χ0v) is 11.7. The van der Waals surface area contributed by atoms with E-state index in [2.05, 4.69) is 0 Å². The third-order valence-corrected chi connectivity index (χ3v) is 5.62. The molecule has 2 nitrogen and oxygen atoms in total. The quantitative estimate of drug-likeness (QED) is 0.786. The Morgan fingerprint density at radius 3 is 2.28 bits per heavy atom. The van der Waals surface area contributed by atoms with Gasteiger partial charge in [0.1, 0.15) is 6.17 Å². The minimum atomic E-state index is -1.25. The number of aliphatic carboxylic acids is 1. The van der Waals surface area contributed by atoms with Gasteiger partial charge < -0.3 is 5.11 Å². The van der Waals surface area contributed by atoms with Crippen LogP contribution in [0.2, 0.25) is 0 Å². The van der Waals surface area contributed by atoms with Crippen LogP contribution in [0.5, 0.6) is 0 Å². The number of carboxylic acid groups (broad SMARTS) is 1. The first-order valence-corrected chi connectivity index (χ1v) is 7.54. The molecule has 0 spiro atoms. The zero-order chi connectivity index (χ0) is 13.3. The van der Waals surface area contributed by atoms with E-state index in [1.54, 1.807) is 0 Å². The molecule has 18 heavy (non-hydrogen) atoms. The lowest BCUT2D eigenvalue weighted by molar-refractivity contribution is -0.144. The summed E-state index contributed by atoms with van der Waals surface area (Å²) in [6.45, 7) is 0. The third-order valence-electron chi connectivity index (χ3n) is 4.46. The average molecular weight is 297 g/mol. The molecule has 0 radical (unpaired) electrons. The summed E-state index contributed by atoms with van der Waals surface area (Å²) in [5.41, 5.74) is 0. The van der Waals surface area contributed by atoms with Gasteiger partial charge in [-0.2, -0.15) is 0 Å². The normalized spacial score (nSPS) is 42.7. The van der Waals surface area contributed by atoms with Gasteiger partial charge in [-0.25, -0.2) is 4.39 Å². The van der Waals surface area contributed by atoms with Gasteiger partial charge in [0.2, 0.25) is 0 Å². The molecule has 5 unspecified atom stereocenters. The predicted octanol–water partition coefficient (Wildman–Crippen LogP) is 3.84. The molecule has 5 atom stereocenters.